The van der Waals surface area contributed by atoms with Crippen LogP contribution in [0, 0.1) is 0 Å². The molecule has 96 valence electrons. The van der Waals surface area contributed by atoms with E-state index < -0.39 is 0 Å². The van der Waals surface area contributed by atoms with Crippen LogP contribution in [0.15, 0.2) is 24.3 Å². The molecule has 1 amide bonds. The van der Waals surface area contributed by atoms with Gasteiger partial charge in [-0.3, -0.25) is 4.79 Å². The molecular formula is C15H20N2O. The van der Waals surface area contributed by atoms with Crippen LogP contribution in [0.2, 0.25) is 0 Å². The fourth-order valence-corrected chi connectivity index (χ4v) is 2.56. The quantitative estimate of drug-likeness (QED) is 0.883. The average molecular weight is 244 g/mol. The van der Waals surface area contributed by atoms with E-state index in [-0.39, 0.29) is 5.91 Å². The number of carbonyl (C=O) groups excluding carboxylic acids is 1. The molecular weight excluding hydrogens is 224 g/mol. The van der Waals surface area contributed by atoms with Crippen molar-refractivity contribution in [2.75, 3.05) is 18.0 Å². The molecule has 18 heavy (non-hydrogen) atoms. The van der Waals surface area contributed by atoms with Crippen LogP contribution in [0.3, 0.4) is 0 Å². The molecule has 0 atom stereocenters. The van der Waals surface area contributed by atoms with Crippen LogP contribution < -0.4 is 10.2 Å². The van der Waals surface area contributed by atoms with Crippen LogP contribution in [0.1, 0.15) is 31.2 Å². The van der Waals surface area contributed by atoms with Gasteiger partial charge in [0.15, 0.2) is 0 Å². The molecule has 3 rings (SSSR count). The second-order valence-electron chi connectivity index (χ2n) is 5.29. The van der Waals surface area contributed by atoms with E-state index in [4.69, 9.17) is 0 Å². The van der Waals surface area contributed by atoms with E-state index in [1.54, 1.807) is 0 Å². The summed E-state index contributed by atoms with van der Waals surface area (Å²) < 4.78 is 0. The zero-order valence-corrected chi connectivity index (χ0v) is 10.7. The molecule has 1 aliphatic heterocycles. The number of carbonyl (C=O) groups is 1. The second-order valence-corrected chi connectivity index (χ2v) is 5.29. The van der Waals surface area contributed by atoms with Crippen molar-refractivity contribution in [1.29, 1.82) is 0 Å². The van der Waals surface area contributed by atoms with Crippen LogP contribution in [0.5, 0.6) is 0 Å². The fraction of sp³-hybridized carbons (Fsp3) is 0.533. The van der Waals surface area contributed by atoms with Crippen molar-refractivity contribution in [2.24, 2.45) is 0 Å². The number of aryl methyl sites for hydroxylation is 1. The SMILES string of the molecule is O=C(CNC1CC1)N1CCCCc2ccccc21. The maximum absolute atomic E-state index is 12.3. The second kappa shape index (κ2) is 5.11. The molecule has 1 heterocycles. The largest absolute Gasteiger partial charge is 0.311 e. The number of fused-ring (bicyclic) bond motifs is 1. The number of nitrogens with one attached hydrogen (secondary N) is 1. The number of nitrogens with zero attached hydrogens (tertiary/aromatic N) is 1. The molecule has 0 spiro atoms. The fourth-order valence-electron chi connectivity index (χ4n) is 2.56. The lowest BCUT2D eigenvalue weighted by molar-refractivity contribution is -0.117. The van der Waals surface area contributed by atoms with E-state index in [0.29, 0.717) is 12.6 Å². The van der Waals surface area contributed by atoms with E-state index in [9.17, 15) is 4.79 Å². The average Bonchev–Trinajstić information content (AvgIpc) is 3.22. The molecule has 1 saturated carbocycles. The Morgan fingerprint density at radius 3 is 2.94 bits per heavy atom. The van der Waals surface area contributed by atoms with Gasteiger partial charge >= 0.3 is 0 Å². The number of anilines is 1. The van der Waals surface area contributed by atoms with Crippen LogP contribution in [-0.4, -0.2) is 25.0 Å². The Morgan fingerprint density at radius 2 is 2.11 bits per heavy atom. The molecule has 1 N–H and O–H groups in total. The van der Waals surface area contributed by atoms with Crippen molar-refractivity contribution in [3.8, 4) is 0 Å². The van der Waals surface area contributed by atoms with Gasteiger partial charge in [0.2, 0.25) is 5.91 Å². The van der Waals surface area contributed by atoms with Crippen molar-refractivity contribution >= 4 is 11.6 Å². The van der Waals surface area contributed by atoms with E-state index in [0.717, 1.165) is 25.1 Å². The van der Waals surface area contributed by atoms with Gasteiger partial charge in [0.25, 0.3) is 0 Å². The molecule has 3 heteroatoms. The Labute approximate surface area is 108 Å². The summed E-state index contributed by atoms with van der Waals surface area (Å²) in [6.07, 6.45) is 5.82. The van der Waals surface area contributed by atoms with Crippen LogP contribution >= 0.6 is 0 Å². The number of para-hydroxylation sites is 1. The summed E-state index contributed by atoms with van der Waals surface area (Å²) in [6, 6.07) is 8.91. The Hall–Kier alpha value is -1.35. The van der Waals surface area contributed by atoms with Gasteiger partial charge in [0.1, 0.15) is 0 Å². The number of rotatable bonds is 3. The predicted octanol–water partition coefficient (Wildman–Crippen LogP) is 2.11. The topological polar surface area (TPSA) is 32.3 Å². The van der Waals surface area contributed by atoms with E-state index in [2.05, 4.69) is 23.5 Å². The molecule has 0 bridgehead atoms. The van der Waals surface area contributed by atoms with Crippen LogP contribution in [-0.2, 0) is 11.2 Å². The smallest absolute Gasteiger partial charge is 0.240 e. The molecule has 0 saturated heterocycles. The first-order chi connectivity index (χ1) is 8.84. The van der Waals surface area contributed by atoms with Crippen molar-refractivity contribution < 1.29 is 4.79 Å². The minimum atomic E-state index is 0.219. The lowest BCUT2D eigenvalue weighted by Gasteiger charge is -2.23. The van der Waals surface area contributed by atoms with Gasteiger partial charge in [0.05, 0.1) is 6.54 Å². The van der Waals surface area contributed by atoms with E-state index in [1.165, 1.54) is 24.8 Å². The molecule has 1 aromatic carbocycles. The highest BCUT2D eigenvalue weighted by atomic mass is 16.2. The molecule has 1 fully saturated rings. The van der Waals surface area contributed by atoms with Crippen LogP contribution in [0.25, 0.3) is 0 Å². The highest BCUT2D eigenvalue weighted by Crippen LogP contribution is 2.26. The number of hydrogen-bond acceptors (Lipinski definition) is 2. The van der Waals surface area contributed by atoms with Gasteiger partial charge < -0.3 is 10.2 Å². The van der Waals surface area contributed by atoms with Gasteiger partial charge in [-0.2, -0.15) is 0 Å². The first kappa shape index (κ1) is 11.7. The summed E-state index contributed by atoms with van der Waals surface area (Å²) in [7, 11) is 0. The first-order valence-corrected chi connectivity index (χ1v) is 6.96. The third kappa shape index (κ3) is 2.56. The molecule has 0 radical (unpaired) electrons. The monoisotopic (exact) mass is 244 g/mol. The highest BCUT2D eigenvalue weighted by molar-refractivity contribution is 5.95. The third-order valence-corrected chi connectivity index (χ3v) is 3.78. The van der Waals surface area contributed by atoms with Gasteiger partial charge in [0, 0.05) is 18.3 Å². The summed E-state index contributed by atoms with van der Waals surface area (Å²) in [5.74, 6) is 0.219. The summed E-state index contributed by atoms with van der Waals surface area (Å²) in [5.41, 5.74) is 2.44. The minimum absolute atomic E-state index is 0.219. The Balaban J connectivity index is 1.75. The molecule has 0 aromatic heterocycles. The molecule has 2 aliphatic rings. The van der Waals surface area contributed by atoms with Crippen molar-refractivity contribution in [3.05, 3.63) is 29.8 Å². The lowest BCUT2D eigenvalue weighted by atomic mass is 10.1. The number of benzene rings is 1. The van der Waals surface area contributed by atoms with Gasteiger partial charge in [-0.1, -0.05) is 18.2 Å². The van der Waals surface area contributed by atoms with E-state index in [1.807, 2.05) is 11.0 Å². The molecule has 0 unspecified atom stereocenters. The Kier molecular flexibility index (Phi) is 3.33. The van der Waals surface area contributed by atoms with Gasteiger partial charge in [-0.25, -0.2) is 0 Å². The standard InChI is InChI=1S/C15H20N2O/c18-15(11-16-13-8-9-13)17-10-4-3-6-12-5-1-2-7-14(12)17/h1-2,5,7,13,16H,3-4,6,8-11H2. The Bertz CT molecular complexity index is 440. The third-order valence-electron chi connectivity index (χ3n) is 3.78. The summed E-state index contributed by atoms with van der Waals surface area (Å²) in [5, 5.41) is 3.31. The normalized spacial score (nSPS) is 19.2. The summed E-state index contributed by atoms with van der Waals surface area (Å²) >= 11 is 0. The lowest BCUT2D eigenvalue weighted by Crippen LogP contribution is -2.39. The number of amides is 1. The Morgan fingerprint density at radius 1 is 1.28 bits per heavy atom. The maximum atomic E-state index is 12.3. The maximum Gasteiger partial charge on any atom is 0.240 e. The molecule has 1 aliphatic carbocycles. The van der Waals surface area contributed by atoms with Crippen molar-refractivity contribution in [1.82, 2.24) is 5.32 Å². The highest BCUT2D eigenvalue weighted by Gasteiger charge is 2.24. The zero-order valence-electron chi connectivity index (χ0n) is 10.7. The van der Waals surface area contributed by atoms with Gasteiger partial charge in [-0.05, 0) is 43.7 Å². The van der Waals surface area contributed by atoms with Gasteiger partial charge in [-0.15, -0.1) is 0 Å². The summed E-state index contributed by atoms with van der Waals surface area (Å²) in [6.45, 7) is 1.35. The predicted molar refractivity (Wildman–Crippen MR) is 72.8 cm³/mol. The number of hydrogen-bond donors (Lipinski definition) is 1. The summed E-state index contributed by atoms with van der Waals surface area (Å²) in [4.78, 5) is 14.3. The minimum Gasteiger partial charge on any atom is -0.311 e. The molecule has 3 nitrogen and oxygen atoms in total. The van der Waals surface area contributed by atoms with Crippen molar-refractivity contribution in [3.63, 3.8) is 0 Å². The molecule has 1 aromatic rings. The van der Waals surface area contributed by atoms with Crippen molar-refractivity contribution in [2.45, 2.75) is 38.1 Å². The zero-order chi connectivity index (χ0) is 12.4. The van der Waals surface area contributed by atoms with E-state index >= 15 is 0 Å². The first-order valence-electron chi connectivity index (χ1n) is 6.96. The van der Waals surface area contributed by atoms with Crippen LogP contribution in [0.4, 0.5) is 5.69 Å².